The van der Waals surface area contributed by atoms with Crippen LogP contribution >= 0.6 is 0 Å². The van der Waals surface area contributed by atoms with Gasteiger partial charge in [0, 0.05) is 10.0 Å². The molecule has 0 heterocycles. The first-order valence-corrected chi connectivity index (χ1v) is 3.36. The van der Waals surface area contributed by atoms with Gasteiger partial charge in [0.1, 0.15) is 0 Å². The zero-order valence-electron chi connectivity index (χ0n) is 10.2. The van der Waals surface area contributed by atoms with Crippen LogP contribution in [0.25, 0.3) is 0 Å². The van der Waals surface area contributed by atoms with E-state index in [1.54, 1.807) is 0 Å². The third kappa shape index (κ3) is 1.97. The molecule has 0 fully saturated rings. The summed E-state index contributed by atoms with van der Waals surface area (Å²) < 4.78 is 94.9. The number of aliphatic hydroxyl groups is 1. The fraction of sp³-hybridized carbons (Fsp3) is 1.00. The van der Waals surface area contributed by atoms with Crippen molar-refractivity contribution in [2.45, 2.75) is 38.2 Å². The second-order valence-electron chi connectivity index (χ2n) is 2.58. The smallest absolute Gasteiger partial charge is 0.373 e. The lowest BCUT2D eigenvalue weighted by atomic mass is 9.85. The Morgan fingerprint density at radius 3 is 1.57 bits per heavy atom. The van der Waals surface area contributed by atoms with Crippen LogP contribution in [0.3, 0.4) is 0 Å². The summed E-state index contributed by atoms with van der Waals surface area (Å²) in [5.74, 6) is -3.85. The van der Waals surface area contributed by atoms with Gasteiger partial charge in [-0.1, -0.05) is 20.2 Å². The van der Waals surface area contributed by atoms with Gasteiger partial charge >= 0.3 is 12.4 Å². The highest BCUT2D eigenvalue weighted by Crippen LogP contribution is 2.48. The Kier molecular flexibility index (Phi) is 2.27. The van der Waals surface area contributed by atoms with Crippen molar-refractivity contribution in [1.29, 1.82) is 0 Å². The first kappa shape index (κ1) is 8.82. The summed E-state index contributed by atoms with van der Waals surface area (Å²) in [6.45, 7) is 0.413. The predicted octanol–water partition coefficient (Wildman–Crippen LogP) is 2.89. The van der Waals surface area contributed by atoms with Crippen molar-refractivity contribution < 1.29 is 35.6 Å². The Morgan fingerprint density at radius 2 is 1.50 bits per heavy atom. The highest BCUT2D eigenvalue weighted by Gasteiger charge is 2.72. The van der Waals surface area contributed by atoms with Crippen LogP contribution in [0.2, 0.25) is 0 Å². The molecule has 0 aliphatic heterocycles. The summed E-state index contributed by atoms with van der Waals surface area (Å²) in [6, 6.07) is 0. The van der Waals surface area contributed by atoms with Gasteiger partial charge in [0.15, 0.2) is 0 Å². The number of hydrogen-bond donors (Lipinski definition) is 1. The maximum Gasteiger partial charge on any atom is 0.426 e. The molecule has 0 aromatic heterocycles. The van der Waals surface area contributed by atoms with Crippen molar-refractivity contribution >= 4 is 0 Å². The third-order valence-electron chi connectivity index (χ3n) is 1.74. The topological polar surface area (TPSA) is 20.2 Å². The van der Waals surface area contributed by atoms with E-state index in [1.807, 2.05) is 0 Å². The first-order valence-electron chi connectivity index (χ1n) is 4.86. The van der Waals surface area contributed by atoms with Crippen molar-refractivity contribution in [2.24, 2.45) is 5.89 Å². The Hall–Kier alpha value is -0.460. The van der Waals surface area contributed by atoms with Gasteiger partial charge in [0.05, 0.1) is 0 Å². The van der Waals surface area contributed by atoms with E-state index in [4.69, 9.17) is 9.22 Å². The van der Waals surface area contributed by atoms with Crippen LogP contribution in [0.1, 0.15) is 24.3 Å². The molecule has 1 nitrogen and oxygen atoms in total. The van der Waals surface area contributed by atoms with E-state index in [1.165, 1.54) is 0 Å². The largest absolute Gasteiger partial charge is 0.426 e. The van der Waals surface area contributed by atoms with E-state index in [0.717, 1.165) is 0 Å². The predicted molar refractivity (Wildman–Crippen MR) is 36.5 cm³/mol. The number of alkyl halides is 6. The molecule has 7 heteroatoms. The van der Waals surface area contributed by atoms with Gasteiger partial charge in [-0.2, -0.15) is 26.3 Å². The average molecular weight is 227 g/mol. The van der Waals surface area contributed by atoms with Crippen LogP contribution in [0, 0.1) is 5.89 Å². The van der Waals surface area contributed by atoms with Gasteiger partial charge in [-0.3, -0.25) is 0 Å². The molecule has 0 aliphatic carbocycles. The summed E-state index contributed by atoms with van der Waals surface area (Å²) in [5, 5.41) is 8.87. The van der Waals surface area contributed by atoms with Crippen molar-refractivity contribution in [3.05, 3.63) is 0 Å². The normalized spacial score (nSPS) is 23.4. The molecule has 0 rings (SSSR count). The molecule has 0 radical (unpaired) electrons. The molecular weight excluding hydrogens is 214 g/mol. The Bertz CT molecular complexity index is 275. The summed E-state index contributed by atoms with van der Waals surface area (Å²) in [6.07, 6.45) is -15.7. The third-order valence-corrected chi connectivity index (χ3v) is 1.74. The molecule has 0 saturated heterocycles. The molecule has 1 unspecified atom stereocenters. The molecule has 0 bridgehead atoms. The fourth-order valence-corrected chi connectivity index (χ4v) is 0.767. The number of rotatable bonds is 2. The van der Waals surface area contributed by atoms with Gasteiger partial charge < -0.3 is 5.11 Å². The minimum absolute atomic E-state index is 0.0496. The van der Waals surface area contributed by atoms with E-state index in [0.29, 0.717) is 6.92 Å². The monoisotopic (exact) mass is 227 g/mol. The SMILES string of the molecule is [2H]C([2H])(C)C([2H])(C)C(O)(C(F)(F)F)C(F)(F)F. The van der Waals surface area contributed by atoms with E-state index in [9.17, 15) is 26.3 Å². The minimum atomic E-state index is -6.22. The zero-order chi connectivity index (χ0) is 14.5. The number of halogens is 6. The molecule has 1 N–H and O–H groups in total. The molecule has 0 amide bonds. The average Bonchev–Trinajstić information content (AvgIpc) is 1.95. The second-order valence-corrected chi connectivity index (χ2v) is 2.58. The Balaban J connectivity index is 6.04. The zero-order valence-corrected chi connectivity index (χ0v) is 7.22. The lowest BCUT2D eigenvalue weighted by molar-refractivity contribution is -0.383. The highest BCUT2D eigenvalue weighted by atomic mass is 19.4. The van der Waals surface area contributed by atoms with E-state index < -0.39 is 30.2 Å². The van der Waals surface area contributed by atoms with Crippen molar-refractivity contribution in [3.63, 3.8) is 0 Å². The summed E-state index contributed by atoms with van der Waals surface area (Å²) in [4.78, 5) is 0. The van der Waals surface area contributed by atoms with Gasteiger partial charge in [0.2, 0.25) is 0 Å². The first-order chi connectivity index (χ1) is 7.00. The van der Waals surface area contributed by atoms with Crippen LogP contribution in [-0.4, -0.2) is 23.1 Å². The lowest BCUT2D eigenvalue weighted by Gasteiger charge is -2.36. The molecule has 0 spiro atoms. The van der Waals surface area contributed by atoms with E-state index >= 15 is 0 Å². The molecule has 0 aromatic rings. The summed E-state index contributed by atoms with van der Waals surface area (Å²) in [5.41, 5.74) is -5.45. The highest BCUT2D eigenvalue weighted by molar-refractivity contribution is 4.97. The maximum absolute atomic E-state index is 12.4. The van der Waals surface area contributed by atoms with Crippen LogP contribution in [0.4, 0.5) is 26.3 Å². The van der Waals surface area contributed by atoms with Crippen LogP contribution < -0.4 is 0 Å². The summed E-state index contributed by atoms with van der Waals surface area (Å²) >= 11 is 0. The van der Waals surface area contributed by atoms with Crippen LogP contribution in [0.15, 0.2) is 0 Å². The maximum atomic E-state index is 12.4. The fourth-order valence-electron chi connectivity index (χ4n) is 0.767. The minimum Gasteiger partial charge on any atom is -0.373 e. The van der Waals surface area contributed by atoms with Crippen LogP contribution in [-0.2, 0) is 0 Å². The van der Waals surface area contributed by atoms with Gasteiger partial charge in [-0.15, -0.1) is 0 Å². The number of hydrogen-bond acceptors (Lipinski definition) is 1. The molecule has 14 heavy (non-hydrogen) atoms. The Morgan fingerprint density at radius 1 is 1.21 bits per heavy atom. The molecule has 1 atom stereocenters. The van der Waals surface area contributed by atoms with Gasteiger partial charge in [-0.05, 0) is 0 Å². The standard InChI is InChI=1S/C7H10F6O/c1-3-4(2)5(14,6(8,9)10)7(11,12)13/h4,14H,3H2,1-2H3/i3D2,4D. The Labute approximate surface area is 80.9 Å². The second kappa shape index (κ2) is 3.60. The van der Waals surface area contributed by atoms with E-state index in [-0.39, 0.29) is 6.92 Å². The lowest BCUT2D eigenvalue weighted by Crippen LogP contribution is -2.60. The molecule has 0 saturated carbocycles. The van der Waals surface area contributed by atoms with Gasteiger partial charge in [-0.25, -0.2) is 0 Å². The van der Waals surface area contributed by atoms with E-state index in [2.05, 4.69) is 0 Å². The van der Waals surface area contributed by atoms with Crippen molar-refractivity contribution in [1.82, 2.24) is 0 Å². The molecular formula is C7H10F6O. The van der Waals surface area contributed by atoms with Crippen molar-refractivity contribution in [2.75, 3.05) is 0 Å². The summed E-state index contributed by atoms with van der Waals surface area (Å²) in [7, 11) is 0. The molecule has 0 aromatic carbocycles. The van der Waals surface area contributed by atoms with Crippen molar-refractivity contribution in [3.8, 4) is 0 Å². The molecule has 0 aliphatic rings. The van der Waals surface area contributed by atoms with Gasteiger partial charge in [0.25, 0.3) is 5.60 Å². The quantitative estimate of drug-likeness (QED) is 0.719. The molecule has 86 valence electrons. The van der Waals surface area contributed by atoms with Crippen LogP contribution in [0.5, 0.6) is 0 Å².